The van der Waals surface area contributed by atoms with Crippen molar-refractivity contribution in [3.63, 3.8) is 0 Å². The van der Waals surface area contributed by atoms with Crippen molar-refractivity contribution >= 4 is 6.08 Å². The molecule has 0 saturated heterocycles. The van der Waals surface area contributed by atoms with E-state index in [4.69, 9.17) is 0 Å². The van der Waals surface area contributed by atoms with Crippen molar-refractivity contribution in [2.24, 2.45) is 0 Å². The van der Waals surface area contributed by atoms with Gasteiger partial charge >= 0.3 is 0 Å². The smallest absolute Gasteiger partial charge is 0.0762 e. The van der Waals surface area contributed by atoms with Crippen molar-refractivity contribution in [2.75, 3.05) is 0 Å². The quantitative estimate of drug-likeness (QED) is 0.581. The fraction of sp³-hybridized carbons (Fsp3) is 0.400. The molecule has 0 saturated carbocycles. The summed E-state index contributed by atoms with van der Waals surface area (Å²) in [5.74, 6) is 0. The molecule has 0 aliphatic heterocycles. The van der Waals surface area contributed by atoms with Gasteiger partial charge < -0.3 is 0 Å². The summed E-state index contributed by atoms with van der Waals surface area (Å²) in [6, 6.07) is 2.01. The third-order valence-corrected chi connectivity index (χ3v) is 2.32. The number of aromatic nitrogens is 2. The Labute approximate surface area is 72.3 Å². The first-order valence-electron chi connectivity index (χ1n) is 4.19. The van der Waals surface area contributed by atoms with Crippen LogP contribution in [0.3, 0.4) is 0 Å². The van der Waals surface area contributed by atoms with Crippen molar-refractivity contribution in [3.8, 4) is 0 Å². The maximum absolute atomic E-state index is 4.17. The number of hydrogen-bond donors (Lipinski definition) is 0. The highest BCUT2D eigenvalue weighted by Gasteiger charge is 2.26. The largest absolute Gasteiger partial charge is 0.159 e. The maximum atomic E-state index is 4.17. The molecule has 0 amide bonds. The van der Waals surface area contributed by atoms with Crippen LogP contribution in [-0.4, -0.2) is 10.2 Å². The summed E-state index contributed by atoms with van der Waals surface area (Å²) in [5.41, 5.74) is 2.48. The first-order chi connectivity index (χ1) is 5.70. The molecule has 0 radical (unpaired) electrons. The van der Waals surface area contributed by atoms with Gasteiger partial charge in [-0.05, 0) is 18.1 Å². The Morgan fingerprint density at radius 3 is 3.00 bits per heavy atom. The first-order valence-corrected chi connectivity index (χ1v) is 4.19. The Morgan fingerprint density at radius 2 is 2.25 bits per heavy atom. The molecule has 0 fully saturated rings. The molecule has 1 aliphatic rings. The molecule has 62 valence electrons. The van der Waals surface area contributed by atoms with E-state index in [-0.39, 0.29) is 5.41 Å². The van der Waals surface area contributed by atoms with Crippen LogP contribution in [0, 0.1) is 0 Å². The normalized spacial score (nSPS) is 18.8. The van der Waals surface area contributed by atoms with Crippen molar-refractivity contribution in [3.05, 3.63) is 29.6 Å². The lowest BCUT2D eigenvalue weighted by Crippen LogP contribution is -2.22. The van der Waals surface area contributed by atoms with E-state index in [0.717, 1.165) is 12.1 Å². The Bertz CT molecular complexity index is 326. The molecule has 0 atom stereocenters. The minimum absolute atomic E-state index is 0.151. The lowest BCUT2D eigenvalue weighted by Gasteiger charge is -2.26. The van der Waals surface area contributed by atoms with E-state index in [2.05, 4.69) is 36.2 Å². The lowest BCUT2D eigenvalue weighted by atomic mass is 9.80. The Kier molecular flexibility index (Phi) is 1.50. The van der Waals surface area contributed by atoms with E-state index in [9.17, 15) is 0 Å². The summed E-state index contributed by atoms with van der Waals surface area (Å²) >= 11 is 0. The molecular formula is C10H12N2. The van der Waals surface area contributed by atoms with E-state index < -0.39 is 0 Å². The second-order valence-corrected chi connectivity index (χ2v) is 3.83. The molecule has 0 N–H and O–H groups in total. The second-order valence-electron chi connectivity index (χ2n) is 3.83. The average Bonchev–Trinajstić information content (AvgIpc) is 2.04. The Balaban J connectivity index is 2.60. The number of allylic oxidation sites excluding steroid dienone is 1. The zero-order valence-corrected chi connectivity index (χ0v) is 7.41. The van der Waals surface area contributed by atoms with Gasteiger partial charge in [0.25, 0.3) is 0 Å². The van der Waals surface area contributed by atoms with Gasteiger partial charge in [0, 0.05) is 5.41 Å². The second kappa shape index (κ2) is 2.41. The summed E-state index contributed by atoms with van der Waals surface area (Å²) in [5, 5.41) is 8.08. The van der Waals surface area contributed by atoms with Crippen molar-refractivity contribution in [1.29, 1.82) is 0 Å². The molecule has 0 bridgehead atoms. The van der Waals surface area contributed by atoms with E-state index in [1.165, 1.54) is 5.56 Å². The van der Waals surface area contributed by atoms with Crippen LogP contribution < -0.4 is 0 Å². The fourth-order valence-corrected chi connectivity index (χ4v) is 1.58. The molecular weight excluding hydrogens is 148 g/mol. The van der Waals surface area contributed by atoms with Crippen molar-refractivity contribution in [2.45, 2.75) is 25.7 Å². The standard InChI is InChI=1S/C10H12N2/c1-10(2)6-3-4-8-5-7-11-12-9(8)10/h3-5,7H,6H2,1-2H3. The van der Waals surface area contributed by atoms with Gasteiger partial charge in [-0.15, -0.1) is 0 Å². The predicted octanol–water partition coefficient (Wildman–Crippen LogP) is 2.17. The van der Waals surface area contributed by atoms with Gasteiger partial charge in [-0.3, -0.25) is 0 Å². The van der Waals surface area contributed by atoms with Crippen molar-refractivity contribution in [1.82, 2.24) is 10.2 Å². The number of hydrogen-bond acceptors (Lipinski definition) is 2. The van der Waals surface area contributed by atoms with E-state index in [1.54, 1.807) is 6.20 Å². The summed E-state index contributed by atoms with van der Waals surface area (Å²) in [6.45, 7) is 4.40. The van der Waals surface area contributed by atoms with Crippen LogP contribution in [0.4, 0.5) is 0 Å². The minimum Gasteiger partial charge on any atom is -0.159 e. The van der Waals surface area contributed by atoms with E-state index >= 15 is 0 Å². The third-order valence-electron chi connectivity index (χ3n) is 2.32. The van der Waals surface area contributed by atoms with Gasteiger partial charge in [0.2, 0.25) is 0 Å². The van der Waals surface area contributed by atoms with Crippen LogP contribution >= 0.6 is 0 Å². The van der Waals surface area contributed by atoms with Gasteiger partial charge in [0.1, 0.15) is 0 Å². The van der Waals surface area contributed by atoms with E-state index in [0.29, 0.717) is 0 Å². The van der Waals surface area contributed by atoms with Crippen LogP contribution in [0.15, 0.2) is 18.3 Å². The summed E-state index contributed by atoms with van der Waals surface area (Å²) in [7, 11) is 0. The highest BCUT2D eigenvalue weighted by molar-refractivity contribution is 5.55. The summed E-state index contributed by atoms with van der Waals surface area (Å²) in [6.07, 6.45) is 7.11. The third kappa shape index (κ3) is 1.04. The topological polar surface area (TPSA) is 25.8 Å². The summed E-state index contributed by atoms with van der Waals surface area (Å²) < 4.78 is 0. The minimum atomic E-state index is 0.151. The van der Waals surface area contributed by atoms with Gasteiger partial charge in [-0.25, -0.2) is 0 Å². The van der Waals surface area contributed by atoms with Crippen molar-refractivity contribution < 1.29 is 0 Å². The lowest BCUT2D eigenvalue weighted by molar-refractivity contribution is 0.503. The molecule has 0 unspecified atom stereocenters. The molecule has 1 heterocycles. The Morgan fingerprint density at radius 1 is 1.42 bits per heavy atom. The number of rotatable bonds is 0. The van der Waals surface area contributed by atoms with Gasteiger partial charge in [-0.2, -0.15) is 10.2 Å². The van der Waals surface area contributed by atoms with Crippen LogP contribution in [-0.2, 0) is 5.41 Å². The monoisotopic (exact) mass is 160 g/mol. The molecule has 0 aromatic carbocycles. The van der Waals surface area contributed by atoms with Gasteiger partial charge in [0.05, 0.1) is 11.9 Å². The molecule has 1 aromatic rings. The SMILES string of the molecule is CC1(C)CC=Cc2ccnnc21. The summed E-state index contributed by atoms with van der Waals surface area (Å²) in [4.78, 5) is 0. The Hall–Kier alpha value is -1.18. The molecule has 2 heteroatoms. The first kappa shape index (κ1) is 7.47. The average molecular weight is 160 g/mol. The van der Waals surface area contributed by atoms with Crippen LogP contribution in [0.2, 0.25) is 0 Å². The zero-order valence-electron chi connectivity index (χ0n) is 7.41. The van der Waals surface area contributed by atoms with Crippen LogP contribution in [0.25, 0.3) is 6.08 Å². The fourth-order valence-electron chi connectivity index (χ4n) is 1.58. The molecule has 2 rings (SSSR count). The molecule has 1 aromatic heterocycles. The van der Waals surface area contributed by atoms with Crippen LogP contribution in [0.5, 0.6) is 0 Å². The molecule has 1 aliphatic carbocycles. The number of nitrogens with zero attached hydrogens (tertiary/aromatic N) is 2. The number of fused-ring (bicyclic) bond motifs is 1. The molecule has 0 spiro atoms. The van der Waals surface area contributed by atoms with E-state index in [1.807, 2.05) is 6.07 Å². The molecule has 12 heavy (non-hydrogen) atoms. The van der Waals surface area contributed by atoms with Gasteiger partial charge in [0.15, 0.2) is 0 Å². The van der Waals surface area contributed by atoms with Gasteiger partial charge in [-0.1, -0.05) is 26.0 Å². The highest BCUT2D eigenvalue weighted by Crippen LogP contribution is 2.32. The molecule has 2 nitrogen and oxygen atoms in total. The highest BCUT2D eigenvalue weighted by atomic mass is 15.1. The maximum Gasteiger partial charge on any atom is 0.0762 e. The zero-order chi connectivity index (χ0) is 8.60. The predicted molar refractivity (Wildman–Crippen MR) is 48.7 cm³/mol. The van der Waals surface area contributed by atoms with Crippen LogP contribution in [0.1, 0.15) is 31.5 Å².